The topological polar surface area (TPSA) is 92.7 Å². The predicted octanol–water partition coefficient (Wildman–Crippen LogP) is 3.69. The lowest BCUT2D eigenvalue weighted by atomic mass is 10.3. The quantitative estimate of drug-likeness (QED) is 0.803. The molecule has 0 radical (unpaired) electrons. The molecule has 0 aliphatic carbocycles. The number of carboxylic acids is 1. The number of aromatic carboxylic acids is 1. The van der Waals surface area contributed by atoms with Crippen molar-refractivity contribution in [1.82, 2.24) is 0 Å². The molecule has 0 saturated carbocycles. The summed E-state index contributed by atoms with van der Waals surface area (Å²) < 4.78 is 32.2. The molecule has 2 aromatic rings. The van der Waals surface area contributed by atoms with E-state index in [4.69, 9.17) is 21.4 Å². The van der Waals surface area contributed by atoms with Crippen LogP contribution in [0.1, 0.15) is 24.2 Å². The Morgan fingerprint density at radius 1 is 1.35 bits per heavy atom. The van der Waals surface area contributed by atoms with Crippen LogP contribution >= 0.6 is 22.9 Å². The average molecular weight is 376 g/mol. The highest BCUT2D eigenvalue weighted by Gasteiger charge is 2.19. The minimum Gasteiger partial charge on any atom is -0.489 e. The van der Waals surface area contributed by atoms with Crippen LogP contribution in [0.4, 0.5) is 5.69 Å². The smallest absolute Gasteiger partial charge is 0.336 e. The van der Waals surface area contributed by atoms with E-state index in [1.807, 2.05) is 13.8 Å². The second-order valence-corrected chi connectivity index (χ2v) is 8.10. The first-order chi connectivity index (χ1) is 10.7. The Hall–Kier alpha value is -1.77. The van der Waals surface area contributed by atoms with Crippen LogP contribution in [0.25, 0.3) is 0 Å². The highest BCUT2D eigenvalue weighted by molar-refractivity contribution is 7.94. The molecule has 0 fully saturated rings. The van der Waals surface area contributed by atoms with E-state index in [2.05, 4.69) is 4.72 Å². The summed E-state index contributed by atoms with van der Waals surface area (Å²) in [5.41, 5.74) is 0.186. The maximum absolute atomic E-state index is 12.2. The Balaban J connectivity index is 2.23. The van der Waals surface area contributed by atoms with Crippen LogP contribution in [0.15, 0.2) is 33.9 Å². The number of carboxylic acid groups (broad SMARTS) is 1. The van der Waals surface area contributed by atoms with Gasteiger partial charge in [-0.3, -0.25) is 4.72 Å². The summed E-state index contributed by atoms with van der Waals surface area (Å²) in [4.78, 5) is 10.8. The number of sulfonamides is 1. The highest BCUT2D eigenvalue weighted by Crippen LogP contribution is 2.30. The third-order valence-corrected chi connectivity index (χ3v) is 5.75. The number of halogens is 1. The number of anilines is 1. The van der Waals surface area contributed by atoms with Gasteiger partial charge in [-0.05, 0) is 38.1 Å². The lowest BCUT2D eigenvalue weighted by molar-refractivity contribution is 0.0697. The van der Waals surface area contributed by atoms with E-state index in [-0.39, 0.29) is 26.6 Å². The number of thiophene rings is 1. The van der Waals surface area contributed by atoms with E-state index >= 15 is 0 Å². The van der Waals surface area contributed by atoms with Gasteiger partial charge in [-0.25, -0.2) is 13.2 Å². The van der Waals surface area contributed by atoms with Gasteiger partial charge in [0.2, 0.25) is 0 Å². The number of benzene rings is 1. The van der Waals surface area contributed by atoms with Gasteiger partial charge in [-0.2, -0.15) is 0 Å². The molecule has 1 aromatic heterocycles. The second-order valence-electron chi connectivity index (χ2n) is 4.88. The molecule has 2 N–H and O–H groups in total. The Labute approximate surface area is 142 Å². The van der Waals surface area contributed by atoms with Crippen LogP contribution in [0, 0.1) is 0 Å². The molecule has 1 heterocycles. The summed E-state index contributed by atoms with van der Waals surface area (Å²) in [5, 5.41) is 10.4. The lowest BCUT2D eigenvalue weighted by Gasteiger charge is -2.13. The van der Waals surface area contributed by atoms with Crippen molar-refractivity contribution in [3.63, 3.8) is 0 Å². The lowest BCUT2D eigenvalue weighted by Crippen LogP contribution is -2.12. The van der Waals surface area contributed by atoms with Gasteiger partial charge in [0.25, 0.3) is 10.0 Å². The number of hydrogen-bond donors (Lipinski definition) is 2. The summed E-state index contributed by atoms with van der Waals surface area (Å²) >= 11 is 6.89. The van der Waals surface area contributed by atoms with Crippen molar-refractivity contribution >= 4 is 44.6 Å². The van der Waals surface area contributed by atoms with E-state index in [0.717, 1.165) is 17.4 Å². The van der Waals surface area contributed by atoms with E-state index in [9.17, 15) is 13.2 Å². The van der Waals surface area contributed by atoms with Gasteiger partial charge >= 0.3 is 5.97 Å². The van der Waals surface area contributed by atoms with Gasteiger partial charge in [0.15, 0.2) is 0 Å². The Morgan fingerprint density at radius 2 is 2.04 bits per heavy atom. The van der Waals surface area contributed by atoms with E-state index < -0.39 is 16.0 Å². The molecule has 0 amide bonds. The summed E-state index contributed by atoms with van der Waals surface area (Å²) in [7, 11) is -3.87. The highest BCUT2D eigenvalue weighted by atomic mass is 35.5. The molecule has 6 nitrogen and oxygen atoms in total. The molecular formula is C14H14ClNO5S2. The van der Waals surface area contributed by atoms with Gasteiger partial charge in [0.1, 0.15) is 9.96 Å². The molecule has 0 spiro atoms. The van der Waals surface area contributed by atoms with Gasteiger partial charge in [-0.1, -0.05) is 11.6 Å². The van der Waals surface area contributed by atoms with Crippen LogP contribution in [0.5, 0.6) is 5.75 Å². The van der Waals surface area contributed by atoms with Crippen molar-refractivity contribution in [3.05, 3.63) is 40.2 Å². The maximum atomic E-state index is 12.2. The van der Waals surface area contributed by atoms with Crippen molar-refractivity contribution < 1.29 is 23.1 Å². The fraction of sp³-hybridized carbons (Fsp3) is 0.214. The average Bonchev–Trinajstić information content (AvgIpc) is 2.92. The Bertz CT molecular complexity index is 829. The number of nitrogens with one attached hydrogen (secondary N) is 1. The number of rotatable bonds is 6. The van der Waals surface area contributed by atoms with Crippen LogP contribution in [-0.2, 0) is 10.0 Å². The summed E-state index contributed by atoms with van der Waals surface area (Å²) in [5.74, 6) is -0.727. The molecule has 0 saturated heterocycles. The van der Waals surface area contributed by atoms with Gasteiger partial charge < -0.3 is 9.84 Å². The molecule has 9 heteroatoms. The molecule has 0 unspecified atom stereocenters. The maximum Gasteiger partial charge on any atom is 0.336 e. The van der Waals surface area contributed by atoms with E-state index in [1.54, 1.807) is 6.07 Å². The predicted molar refractivity (Wildman–Crippen MR) is 89.3 cm³/mol. The third-order valence-electron chi connectivity index (χ3n) is 2.63. The van der Waals surface area contributed by atoms with Crippen LogP contribution in [0.3, 0.4) is 0 Å². The van der Waals surface area contributed by atoms with Crippen LogP contribution < -0.4 is 9.46 Å². The van der Waals surface area contributed by atoms with Crippen LogP contribution in [-0.4, -0.2) is 25.6 Å². The van der Waals surface area contributed by atoms with Gasteiger partial charge in [0.05, 0.1) is 22.4 Å². The number of hydrogen-bond acceptors (Lipinski definition) is 5. The van der Waals surface area contributed by atoms with E-state index in [0.29, 0.717) is 5.75 Å². The largest absolute Gasteiger partial charge is 0.489 e. The first kappa shape index (κ1) is 17.6. The minimum absolute atomic E-state index is 0.0596. The van der Waals surface area contributed by atoms with Gasteiger partial charge in [-0.15, -0.1) is 11.3 Å². The Kier molecular flexibility index (Phi) is 5.18. The molecule has 0 aliphatic heterocycles. The Morgan fingerprint density at radius 3 is 2.57 bits per heavy atom. The monoisotopic (exact) mass is 375 g/mol. The minimum atomic E-state index is -3.87. The van der Waals surface area contributed by atoms with Crippen molar-refractivity contribution in [2.75, 3.05) is 4.72 Å². The molecule has 1 aromatic carbocycles. The van der Waals surface area contributed by atoms with Crippen molar-refractivity contribution in [2.45, 2.75) is 24.2 Å². The molecule has 0 atom stereocenters. The zero-order chi connectivity index (χ0) is 17.2. The van der Waals surface area contributed by atoms with Crippen LogP contribution in [0.2, 0.25) is 5.02 Å². The molecular weight excluding hydrogens is 362 g/mol. The first-order valence-corrected chi connectivity index (χ1v) is 9.24. The first-order valence-electron chi connectivity index (χ1n) is 6.50. The standard InChI is InChI=1S/C14H14ClNO5S2/c1-8(2)21-12-4-3-10(6-11(12)15)16-23(19,20)13-5-9(7-22-13)14(17)18/h3-8,16H,1-2H3,(H,17,18). The third kappa shape index (κ3) is 4.37. The SMILES string of the molecule is CC(C)Oc1ccc(NS(=O)(=O)c2cc(C(=O)O)cs2)cc1Cl. The van der Waals surface area contributed by atoms with Gasteiger partial charge in [0, 0.05) is 5.38 Å². The number of carbonyl (C=O) groups is 1. The van der Waals surface area contributed by atoms with Crippen molar-refractivity contribution in [2.24, 2.45) is 0 Å². The molecule has 2 rings (SSSR count). The fourth-order valence-electron chi connectivity index (χ4n) is 1.69. The molecule has 23 heavy (non-hydrogen) atoms. The normalized spacial score (nSPS) is 11.5. The molecule has 0 bridgehead atoms. The fourth-order valence-corrected chi connectivity index (χ4v) is 4.12. The van der Waals surface area contributed by atoms with Crippen molar-refractivity contribution in [3.8, 4) is 5.75 Å². The molecule has 124 valence electrons. The van der Waals surface area contributed by atoms with Crippen molar-refractivity contribution in [1.29, 1.82) is 0 Å². The zero-order valence-corrected chi connectivity index (χ0v) is 14.6. The molecule has 0 aliphatic rings. The number of ether oxygens (including phenoxy) is 1. The summed E-state index contributed by atoms with van der Waals surface area (Å²) in [6, 6.07) is 5.62. The van der Waals surface area contributed by atoms with E-state index in [1.165, 1.54) is 17.5 Å². The second kappa shape index (κ2) is 6.77. The zero-order valence-electron chi connectivity index (χ0n) is 12.2. The summed E-state index contributed by atoms with van der Waals surface area (Å²) in [6.07, 6.45) is -0.0596. The summed E-state index contributed by atoms with van der Waals surface area (Å²) in [6.45, 7) is 3.70.